The van der Waals surface area contributed by atoms with Gasteiger partial charge in [-0.2, -0.15) is 0 Å². The molecule has 0 atom stereocenters. The average molecular weight is 226 g/mol. The number of benzene rings is 2. The normalized spacial score (nSPS) is 11.2. The van der Waals surface area contributed by atoms with E-state index in [0.717, 1.165) is 0 Å². The summed E-state index contributed by atoms with van der Waals surface area (Å²) in [5, 5.41) is 3.10. The van der Waals surface area contributed by atoms with Crippen molar-refractivity contribution in [3.8, 4) is 0 Å². The molecule has 2 aromatic rings. The molecule has 0 fully saturated rings. The van der Waals surface area contributed by atoms with Gasteiger partial charge in [0.15, 0.2) is 0 Å². The standard InChI is InChI=1S/C15H18Si/c1-11-9-13(3)15(10-12(11)2)16-14-7-5-4-6-8-14/h4-10H,16H2,1-3H3. The lowest BCUT2D eigenvalue weighted by Crippen LogP contribution is -2.29. The molecule has 0 bridgehead atoms. The highest BCUT2D eigenvalue weighted by molar-refractivity contribution is 6.67. The Morgan fingerprint density at radius 3 is 2.06 bits per heavy atom. The molecule has 0 aromatic heterocycles. The van der Waals surface area contributed by atoms with Crippen LogP contribution in [0.2, 0.25) is 0 Å². The molecular weight excluding hydrogens is 208 g/mol. The van der Waals surface area contributed by atoms with Crippen LogP contribution in [0, 0.1) is 20.8 Å². The lowest BCUT2D eigenvalue weighted by Gasteiger charge is -2.09. The van der Waals surface area contributed by atoms with Crippen molar-refractivity contribution in [1.29, 1.82) is 0 Å². The molecule has 16 heavy (non-hydrogen) atoms. The van der Waals surface area contributed by atoms with Gasteiger partial charge >= 0.3 is 0 Å². The minimum absolute atomic E-state index is 0.300. The Morgan fingerprint density at radius 2 is 1.38 bits per heavy atom. The van der Waals surface area contributed by atoms with Crippen LogP contribution in [0.3, 0.4) is 0 Å². The van der Waals surface area contributed by atoms with Crippen molar-refractivity contribution < 1.29 is 0 Å². The summed E-state index contributed by atoms with van der Waals surface area (Å²) in [5.74, 6) is 0. The first-order chi connectivity index (χ1) is 7.66. The largest absolute Gasteiger partial charge is 0.0878 e. The quantitative estimate of drug-likeness (QED) is 0.684. The van der Waals surface area contributed by atoms with Crippen molar-refractivity contribution in [1.82, 2.24) is 0 Å². The Labute approximate surface area is 100 Å². The molecule has 0 saturated heterocycles. The van der Waals surface area contributed by atoms with Crippen LogP contribution in [-0.2, 0) is 0 Å². The Balaban J connectivity index is 2.32. The van der Waals surface area contributed by atoms with E-state index in [0.29, 0.717) is 0 Å². The molecule has 0 aliphatic rings. The van der Waals surface area contributed by atoms with Gasteiger partial charge < -0.3 is 0 Å². The number of rotatable bonds is 2. The molecule has 2 aromatic carbocycles. The van der Waals surface area contributed by atoms with Crippen molar-refractivity contribution in [2.75, 3.05) is 0 Å². The van der Waals surface area contributed by atoms with Crippen LogP contribution in [-0.4, -0.2) is 9.52 Å². The van der Waals surface area contributed by atoms with Gasteiger partial charge in [0.2, 0.25) is 0 Å². The summed E-state index contributed by atoms with van der Waals surface area (Å²) < 4.78 is 0. The van der Waals surface area contributed by atoms with Gasteiger partial charge in [-0.3, -0.25) is 0 Å². The van der Waals surface area contributed by atoms with Gasteiger partial charge in [-0.05, 0) is 31.9 Å². The molecule has 0 spiro atoms. The summed E-state index contributed by atoms with van der Waals surface area (Å²) in [6.07, 6.45) is 0. The average Bonchev–Trinajstić information content (AvgIpc) is 2.27. The maximum absolute atomic E-state index is 2.38. The second-order valence-corrected chi connectivity index (χ2v) is 6.46. The zero-order chi connectivity index (χ0) is 11.5. The maximum atomic E-state index is 2.38. The zero-order valence-electron chi connectivity index (χ0n) is 10.2. The van der Waals surface area contributed by atoms with Gasteiger partial charge in [0.1, 0.15) is 0 Å². The zero-order valence-corrected chi connectivity index (χ0v) is 11.7. The van der Waals surface area contributed by atoms with Crippen LogP contribution in [0.15, 0.2) is 42.5 Å². The molecule has 0 heterocycles. The number of hydrogen-bond acceptors (Lipinski definition) is 0. The van der Waals surface area contributed by atoms with Gasteiger partial charge in [-0.1, -0.05) is 58.4 Å². The van der Waals surface area contributed by atoms with Gasteiger partial charge in [-0.25, -0.2) is 0 Å². The van der Waals surface area contributed by atoms with E-state index in [4.69, 9.17) is 0 Å². The predicted molar refractivity (Wildman–Crippen MR) is 74.9 cm³/mol. The highest BCUT2D eigenvalue weighted by Gasteiger charge is 2.03. The number of aryl methyl sites for hydroxylation is 3. The lowest BCUT2D eigenvalue weighted by molar-refractivity contribution is 1.32. The van der Waals surface area contributed by atoms with Crippen LogP contribution in [0.1, 0.15) is 16.7 Å². The molecule has 0 unspecified atom stereocenters. The fraction of sp³-hybridized carbons (Fsp3) is 0.200. The fourth-order valence-corrected chi connectivity index (χ4v) is 3.76. The minimum Gasteiger partial charge on any atom is -0.0633 e. The molecule has 0 N–H and O–H groups in total. The molecule has 2 rings (SSSR count). The second-order valence-electron chi connectivity index (χ2n) is 4.53. The minimum atomic E-state index is -0.300. The first-order valence-corrected chi connectivity index (χ1v) is 7.19. The van der Waals surface area contributed by atoms with Crippen molar-refractivity contribution >= 4 is 19.9 Å². The Hall–Kier alpha value is -1.34. The van der Waals surface area contributed by atoms with Crippen molar-refractivity contribution in [2.45, 2.75) is 20.8 Å². The van der Waals surface area contributed by atoms with Gasteiger partial charge in [-0.15, -0.1) is 0 Å². The van der Waals surface area contributed by atoms with Crippen LogP contribution in [0.5, 0.6) is 0 Å². The highest BCUT2D eigenvalue weighted by Crippen LogP contribution is 2.06. The molecule has 1 heteroatoms. The fourth-order valence-electron chi connectivity index (χ4n) is 2.03. The molecule has 0 saturated carbocycles. The third kappa shape index (κ3) is 2.42. The maximum Gasteiger partial charge on any atom is 0.0878 e. The van der Waals surface area contributed by atoms with E-state index in [9.17, 15) is 0 Å². The Kier molecular flexibility index (Phi) is 3.25. The summed E-state index contributed by atoms with van der Waals surface area (Å²) >= 11 is 0. The van der Waals surface area contributed by atoms with Crippen molar-refractivity contribution in [2.24, 2.45) is 0 Å². The van der Waals surface area contributed by atoms with Crippen molar-refractivity contribution in [3.63, 3.8) is 0 Å². The van der Waals surface area contributed by atoms with Gasteiger partial charge in [0, 0.05) is 0 Å². The molecule has 0 nitrogen and oxygen atoms in total. The number of hydrogen-bond donors (Lipinski definition) is 0. The molecule has 0 radical (unpaired) electrons. The smallest absolute Gasteiger partial charge is 0.0633 e. The third-order valence-electron chi connectivity index (χ3n) is 3.19. The summed E-state index contributed by atoms with van der Waals surface area (Å²) in [6, 6.07) is 15.6. The van der Waals surface area contributed by atoms with Crippen LogP contribution >= 0.6 is 0 Å². The van der Waals surface area contributed by atoms with Gasteiger partial charge in [0.25, 0.3) is 0 Å². The summed E-state index contributed by atoms with van der Waals surface area (Å²) in [7, 11) is -0.300. The van der Waals surface area contributed by atoms with E-state index in [1.165, 1.54) is 21.9 Å². The van der Waals surface area contributed by atoms with Crippen LogP contribution < -0.4 is 10.4 Å². The topological polar surface area (TPSA) is 0 Å². The summed E-state index contributed by atoms with van der Waals surface area (Å²) in [4.78, 5) is 0. The predicted octanol–water partition coefficient (Wildman–Crippen LogP) is 1.73. The van der Waals surface area contributed by atoms with E-state index in [1.807, 2.05) is 0 Å². The monoisotopic (exact) mass is 226 g/mol. The summed E-state index contributed by atoms with van der Waals surface area (Å²) in [6.45, 7) is 6.63. The van der Waals surface area contributed by atoms with Crippen molar-refractivity contribution in [3.05, 3.63) is 59.2 Å². The molecule has 0 amide bonds. The Bertz CT molecular complexity index is 486. The lowest BCUT2D eigenvalue weighted by atomic mass is 10.1. The molecule has 0 aliphatic carbocycles. The second kappa shape index (κ2) is 4.66. The Morgan fingerprint density at radius 1 is 0.750 bits per heavy atom. The van der Waals surface area contributed by atoms with Crippen LogP contribution in [0.4, 0.5) is 0 Å². The van der Waals surface area contributed by atoms with E-state index in [-0.39, 0.29) is 9.52 Å². The molecule has 82 valence electrons. The van der Waals surface area contributed by atoms with Crippen LogP contribution in [0.25, 0.3) is 0 Å². The van der Waals surface area contributed by atoms with E-state index < -0.39 is 0 Å². The van der Waals surface area contributed by atoms with E-state index in [2.05, 4.69) is 63.2 Å². The third-order valence-corrected chi connectivity index (χ3v) is 5.21. The first-order valence-electron chi connectivity index (χ1n) is 5.77. The van der Waals surface area contributed by atoms with E-state index in [1.54, 1.807) is 5.19 Å². The summed E-state index contributed by atoms with van der Waals surface area (Å²) in [5.41, 5.74) is 4.28. The molecule has 0 aliphatic heterocycles. The SMILES string of the molecule is Cc1cc(C)c([SiH2]c2ccccc2)cc1C. The van der Waals surface area contributed by atoms with Gasteiger partial charge in [0.05, 0.1) is 9.52 Å². The molecular formula is C15H18Si. The van der Waals surface area contributed by atoms with E-state index >= 15 is 0 Å². The highest BCUT2D eigenvalue weighted by atomic mass is 28.2. The first kappa shape index (κ1) is 11.2.